The van der Waals surface area contributed by atoms with Crippen molar-refractivity contribution < 1.29 is 14.3 Å². The predicted molar refractivity (Wildman–Crippen MR) is 106 cm³/mol. The van der Waals surface area contributed by atoms with Crippen LogP contribution in [0.3, 0.4) is 0 Å². The summed E-state index contributed by atoms with van der Waals surface area (Å²) in [4.78, 5) is 9.00. The molecule has 3 heterocycles. The number of ether oxygens (including phenoxy) is 1. The zero-order chi connectivity index (χ0) is 19.5. The number of amidine groups is 1. The Morgan fingerprint density at radius 2 is 2.29 bits per heavy atom. The van der Waals surface area contributed by atoms with Gasteiger partial charge in [-0.1, -0.05) is 22.8 Å². The molecule has 8 heteroatoms. The Bertz CT molecular complexity index is 942. The SMILES string of the molecule is O/N=C(\Cc1ccc(F)c(Cl)c1)c1ccnc2c1CC(=NC[C@H]1CCCO1)N2. The van der Waals surface area contributed by atoms with Gasteiger partial charge in [-0.2, -0.15) is 0 Å². The number of rotatable bonds is 5. The van der Waals surface area contributed by atoms with Gasteiger partial charge in [-0.25, -0.2) is 9.37 Å². The second-order valence-electron chi connectivity index (χ2n) is 6.88. The molecule has 0 aliphatic carbocycles. The molecule has 2 aromatic rings. The monoisotopic (exact) mass is 402 g/mol. The predicted octanol–water partition coefficient (Wildman–Crippen LogP) is 3.84. The van der Waals surface area contributed by atoms with E-state index in [-0.39, 0.29) is 11.1 Å². The van der Waals surface area contributed by atoms with E-state index in [0.29, 0.717) is 30.9 Å². The lowest BCUT2D eigenvalue weighted by Gasteiger charge is -2.09. The summed E-state index contributed by atoms with van der Waals surface area (Å²) in [6, 6.07) is 6.28. The number of aliphatic imine (C=N–C) groups is 1. The molecule has 0 saturated carbocycles. The van der Waals surface area contributed by atoms with E-state index < -0.39 is 5.82 Å². The first kappa shape index (κ1) is 18.8. The number of hydrogen-bond acceptors (Lipinski definition) is 5. The molecule has 0 radical (unpaired) electrons. The minimum Gasteiger partial charge on any atom is -0.411 e. The van der Waals surface area contributed by atoms with Gasteiger partial charge in [0.2, 0.25) is 0 Å². The summed E-state index contributed by atoms with van der Waals surface area (Å²) in [7, 11) is 0. The Labute approximate surface area is 167 Å². The second-order valence-corrected chi connectivity index (χ2v) is 7.29. The number of anilines is 1. The van der Waals surface area contributed by atoms with E-state index in [4.69, 9.17) is 16.3 Å². The molecule has 146 valence electrons. The highest BCUT2D eigenvalue weighted by Crippen LogP contribution is 2.27. The van der Waals surface area contributed by atoms with E-state index in [9.17, 15) is 9.60 Å². The van der Waals surface area contributed by atoms with Crippen LogP contribution in [0.1, 0.15) is 29.5 Å². The van der Waals surface area contributed by atoms with E-state index in [1.807, 2.05) is 6.07 Å². The number of halogens is 2. The molecule has 2 N–H and O–H groups in total. The van der Waals surface area contributed by atoms with Crippen LogP contribution in [0.15, 0.2) is 40.6 Å². The smallest absolute Gasteiger partial charge is 0.141 e. The lowest BCUT2D eigenvalue weighted by Crippen LogP contribution is -2.14. The van der Waals surface area contributed by atoms with Crippen LogP contribution in [0, 0.1) is 5.82 Å². The van der Waals surface area contributed by atoms with Gasteiger partial charge in [-0.3, -0.25) is 4.99 Å². The van der Waals surface area contributed by atoms with E-state index in [2.05, 4.69) is 20.4 Å². The van der Waals surface area contributed by atoms with Crippen molar-refractivity contribution in [3.8, 4) is 0 Å². The molecule has 6 nitrogen and oxygen atoms in total. The summed E-state index contributed by atoms with van der Waals surface area (Å²) in [6.45, 7) is 1.43. The van der Waals surface area contributed by atoms with E-state index in [1.54, 1.807) is 12.3 Å². The Morgan fingerprint density at radius 3 is 3.04 bits per heavy atom. The van der Waals surface area contributed by atoms with Crippen molar-refractivity contribution in [2.24, 2.45) is 10.1 Å². The maximum absolute atomic E-state index is 13.4. The van der Waals surface area contributed by atoms with Crippen molar-refractivity contribution in [3.63, 3.8) is 0 Å². The number of benzene rings is 1. The summed E-state index contributed by atoms with van der Waals surface area (Å²) >= 11 is 5.86. The fraction of sp³-hybridized carbons (Fsp3) is 0.350. The van der Waals surface area contributed by atoms with Gasteiger partial charge in [-0.15, -0.1) is 0 Å². The molecule has 2 aliphatic heterocycles. The molecule has 28 heavy (non-hydrogen) atoms. The van der Waals surface area contributed by atoms with Crippen LogP contribution in [0.25, 0.3) is 0 Å². The van der Waals surface area contributed by atoms with E-state index in [1.165, 1.54) is 12.1 Å². The molecule has 0 bridgehead atoms. The quantitative estimate of drug-likeness (QED) is 0.452. The van der Waals surface area contributed by atoms with Gasteiger partial charge in [0.05, 0.1) is 23.4 Å². The van der Waals surface area contributed by atoms with Crippen molar-refractivity contribution in [3.05, 3.63) is 58.0 Å². The van der Waals surface area contributed by atoms with Crippen LogP contribution >= 0.6 is 11.6 Å². The largest absolute Gasteiger partial charge is 0.411 e. The fourth-order valence-electron chi connectivity index (χ4n) is 3.52. The van der Waals surface area contributed by atoms with Crippen LogP contribution < -0.4 is 5.32 Å². The van der Waals surface area contributed by atoms with Crippen molar-refractivity contribution in [2.45, 2.75) is 31.8 Å². The third-order valence-corrected chi connectivity index (χ3v) is 5.25. The molecule has 0 spiro atoms. The molecule has 4 rings (SSSR count). The molecule has 1 aromatic carbocycles. The first-order chi connectivity index (χ1) is 13.6. The number of oxime groups is 1. The van der Waals surface area contributed by atoms with Crippen molar-refractivity contribution in [1.29, 1.82) is 0 Å². The Hall–Kier alpha value is -2.51. The summed E-state index contributed by atoms with van der Waals surface area (Å²) in [5.41, 5.74) is 2.92. The highest BCUT2D eigenvalue weighted by atomic mass is 35.5. The van der Waals surface area contributed by atoms with Crippen molar-refractivity contribution in [1.82, 2.24) is 4.98 Å². The lowest BCUT2D eigenvalue weighted by atomic mass is 9.98. The van der Waals surface area contributed by atoms with Crippen LogP contribution in [-0.4, -0.2) is 41.0 Å². The minimum atomic E-state index is -0.478. The van der Waals surface area contributed by atoms with Gasteiger partial charge < -0.3 is 15.3 Å². The number of hydrogen-bond donors (Lipinski definition) is 2. The standard InChI is InChI=1S/C20H20ClFN4O2/c21-16-8-12(3-4-17(16)22)9-18(26-27)14-5-6-23-20-15(14)10-19(25-20)24-11-13-2-1-7-28-13/h3-6,8,13,27H,1-2,7,9-11H2,(H,23,24,25)/b26-18+/t13-/m1/s1. The average molecular weight is 403 g/mol. The first-order valence-electron chi connectivity index (χ1n) is 9.19. The Kier molecular flexibility index (Phi) is 5.54. The van der Waals surface area contributed by atoms with Crippen LogP contribution in [-0.2, 0) is 17.6 Å². The van der Waals surface area contributed by atoms with Gasteiger partial charge in [0.15, 0.2) is 0 Å². The maximum Gasteiger partial charge on any atom is 0.141 e. The fourth-order valence-corrected chi connectivity index (χ4v) is 3.72. The maximum atomic E-state index is 13.4. The summed E-state index contributed by atoms with van der Waals surface area (Å²) in [6.07, 6.45) is 4.85. The van der Waals surface area contributed by atoms with Crippen LogP contribution in [0.5, 0.6) is 0 Å². The van der Waals surface area contributed by atoms with Gasteiger partial charge in [0, 0.05) is 36.8 Å². The van der Waals surface area contributed by atoms with Crippen LogP contribution in [0.2, 0.25) is 5.02 Å². The molecular formula is C20H20ClFN4O2. The van der Waals surface area contributed by atoms with Gasteiger partial charge in [-0.05, 0) is 36.6 Å². The number of pyridine rings is 1. The molecule has 0 amide bonds. The third-order valence-electron chi connectivity index (χ3n) is 4.96. The number of fused-ring (bicyclic) bond motifs is 1. The molecule has 1 fully saturated rings. The Morgan fingerprint density at radius 1 is 1.39 bits per heavy atom. The first-order valence-corrected chi connectivity index (χ1v) is 9.57. The van der Waals surface area contributed by atoms with Gasteiger partial charge >= 0.3 is 0 Å². The number of nitrogens with one attached hydrogen (secondary N) is 1. The van der Waals surface area contributed by atoms with Gasteiger partial charge in [0.25, 0.3) is 0 Å². The van der Waals surface area contributed by atoms with Gasteiger partial charge in [0.1, 0.15) is 17.5 Å². The molecule has 0 unspecified atom stereocenters. The topological polar surface area (TPSA) is 79.1 Å². The third kappa shape index (κ3) is 4.00. The second kappa shape index (κ2) is 8.24. The summed E-state index contributed by atoms with van der Waals surface area (Å²) in [5.74, 6) is 1.06. The molecule has 1 aromatic heterocycles. The molecular weight excluding hydrogens is 383 g/mol. The Balaban J connectivity index is 1.54. The summed E-state index contributed by atoms with van der Waals surface area (Å²) in [5, 5.41) is 16.4. The molecule has 1 atom stereocenters. The highest BCUT2D eigenvalue weighted by Gasteiger charge is 2.24. The summed E-state index contributed by atoms with van der Waals surface area (Å²) < 4.78 is 19.0. The normalized spacial score (nSPS) is 20.4. The van der Waals surface area contributed by atoms with E-state index in [0.717, 1.165) is 42.0 Å². The zero-order valence-electron chi connectivity index (χ0n) is 15.2. The minimum absolute atomic E-state index is 0.0416. The van der Waals surface area contributed by atoms with E-state index >= 15 is 0 Å². The number of nitrogens with zero attached hydrogens (tertiary/aromatic N) is 3. The zero-order valence-corrected chi connectivity index (χ0v) is 15.9. The average Bonchev–Trinajstić information content (AvgIpc) is 3.36. The van der Waals surface area contributed by atoms with Crippen molar-refractivity contribution in [2.75, 3.05) is 18.5 Å². The van der Waals surface area contributed by atoms with Crippen molar-refractivity contribution >= 4 is 29.0 Å². The lowest BCUT2D eigenvalue weighted by molar-refractivity contribution is 0.118. The number of aromatic nitrogens is 1. The molecule has 2 aliphatic rings. The molecule has 1 saturated heterocycles. The van der Waals surface area contributed by atoms with Crippen LogP contribution in [0.4, 0.5) is 10.2 Å². The highest BCUT2D eigenvalue weighted by molar-refractivity contribution is 6.30.